The number of thioether (sulfide) groups is 1. The SMILES string of the molecule is CCCCN(CCCC)c1ncnc(SC)c1NC(=O)CCCCN(CCC)c1ccccc1. The Balaban J connectivity index is 2.00. The average molecular weight is 486 g/mol. The Morgan fingerprint density at radius 3 is 2.15 bits per heavy atom. The number of carbonyl (C=O) groups is 1. The van der Waals surface area contributed by atoms with Gasteiger partial charge in [0.25, 0.3) is 0 Å². The highest BCUT2D eigenvalue weighted by Crippen LogP contribution is 2.32. The van der Waals surface area contributed by atoms with Crippen molar-refractivity contribution in [1.29, 1.82) is 0 Å². The van der Waals surface area contributed by atoms with Gasteiger partial charge in [-0.15, -0.1) is 11.8 Å². The van der Waals surface area contributed by atoms with Crippen LogP contribution >= 0.6 is 11.8 Å². The molecule has 0 fully saturated rings. The van der Waals surface area contributed by atoms with Gasteiger partial charge in [0.1, 0.15) is 17.0 Å². The fourth-order valence-corrected chi connectivity index (χ4v) is 4.45. The minimum absolute atomic E-state index is 0.0408. The molecule has 0 bridgehead atoms. The van der Waals surface area contributed by atoms with Crippen molar-refractivity contribution in [1.82, 2.24) is 9.97 Å². The lowest BCUT2D eigenvalue weighted by Crippen LogP contribution is -2.28. The molecule has 1 heterocycles. The quantitative estimate of drug-likeness (QED) is 0.154. The summed E-state index contributed by atoms with van der Waals surface area (Å²) in [5.41, 5.74) is 2.02. The Hall–Kier alpha value is -2.28. The van der Waals surface area contributed by atoms with Crippen molar-refractivity contribution >= 4 is 34.9 Å². The number of hydrogen-bond donors (Lipinski definition) is 1. The van der Waals surface area contributed by atoms with Gasteiger partial charge in [-0.3, -0.25) is 4.79 Å². The van der Waals surface area contributed by atoms with Crippen LogP contribution in [0, 0.1) is 0 Å². The lowest BCUT2D eigenvalue weighted by Gasteiger charge is -2.26. The number of para-hydroxylation sites is 1. The summed E-state index contributed by atoms with van der Waals surface area (Å²) in [5.74, 6) is 0.895. The number of benzene rings is 1. The van der Waals surface area contributed by atoms with Crippen molar-refractivity contribution < 1.29 is 4.79 Å². The molecule has 2 aromatic rings. The maximum Gasteiger partial charge on any atom is 0.224 e. The predicted molar refractivity (Wildman–Crippen MR) is 147 cm³/mol. The molecule has 1 aromatic heterocycles. The van der Waals surface area contributed by atoms with Gasteiger partial charge in [0.2, 0.25) is 5.91 Å². The molecule has 188 valence electrons. The minimum Gasteiger partial charge on any atom is -0.372 e. The monoisotopic (exact) mass is 485 g/mol. The highest BCUT2D eigenvalue weighted by Gasteiger charge is 2.19. The van der Waals surface area contributed by atoms with E-state index in [0.29, 0.717) is 6.42 Å². The van der Waals surface area contributed by atoms with Crippen LogP contribution in [0.3, 0.4) is 0 Å². The highest BCUT2D eigenvalue weighted by molar-refractivity contribution is 7.98. The smallest absolute Gasteiger partial charge is 0.224 e. The summed E-state index contributed by atoms with van der Waals surface area (Å²) in [5, 5.41) is 4.00. The molecular weight excluding hydrogens is 442 g/mol. The van der Waals surface area contributed by atoms with Gasteiger partial charge in [-0.05, 0) is 50.5 Å². The van der Waals surface area contributed by atoms with E-state index in [-0.39, 0.29) is 5.91 Å². The molecule has 0 aliphatic heterocycles. The van der Waals surface area contributed by atoms with Crippen molar-refractivity contribution in [2.45, 2.75) is 77.2 Å². The van der Waals surface area contributed by atoms with E-state index in [1.54, 1.807) is 18.1 Å². The normalized spacial score (nSPS) is 10.8. The Morgan fingerprint density at radius 2 is 1.53 bits per heavy atom. The lowest BCUT2D eigenvalue weighted by molar-refractivity contribution is -0.116. The van der Waals surface area contributed by atoms with Gasteiger partial charge in [0.05, 0.1) is 0 Å². The van der Waals surface area contributed by atoms with E-state index in [9.17, 15) is 4.79 Å². The van der Waals surface area contributed by atoms with Crippen LogP contribution in [-0.4, -0.2) is 48.3 Å². The van der Waals surface area contributed by atoms with E-state index >= 15 is 0 Å². The molecule has 1 N–H and O–H groups in total. The maximum absolute atomic E-state index is 12.9. The molecule has 0 aliphatic rings. The summed E-state index contributed by atoms with van der Waals surface area (Å²) in [6.07, 6.45) is 11.5. The third-order valence-electron chi connectivity index (χ3n) is 5.81. The number of carbonyl (C=O) groups excluding carboxylic acids is 1. The zero-order valence-electron chi connectivity index (χ0n) is 21.6. The highest BCUT2D eigenvalue weighted by atomic mass is 32.2. The topological polar surface area (TPSA) is 61.4 Å². The van der Waals surface area contributed by atoms with Gasteiger partial charge in [0, 0.05) is 38.3 Å². The number of rotatable bonds is 17. The van der Waals surface area contributed by atoms with Gasteiger partial charge in [0.15, 0.2) is 5.82 Å². The molecule has 0 saturated heterocycles. The van der Waals surface area contributed by atoms with E-state index in [1.807, 2.05) is 12.3 Å². The van der Waals surface area contributed by atoms with Crippen LogP contribution in [-0.2, 0) is 4.79 Å². The molecule has 0 atom stereocenters. The van der Waals surface area contributed by atoms with Gasteiger partial charge in [-0.25, -0.2) is 9.97 Å². The van der Waals surface area contributed by atoms with Crippen molar-refractivity contribution in [3.63, 3.8) is 0 Å². The van der Waals surface area contributed by atoms with E-state index in [0.717, 1.165) is 87.7 Å². The minimum atomic E-state index is 0.0408. The molecule has 0 aliphatic carbocycles. The summed E-state index contributed by atoms with van der Waals surface area (Å²) in [6, 6.07) is 10.5. The Labute approximate surface area is 210 Å². The zero-order chi connectivity index (χ0) is 24.6. The van der Waals surface area contributed by atoms with Gasteiger partial charge in [-0.1, -0.05) is 51.8 Å². The average Bonchev–Trinajstić information content (AvgIpc) is 2.87. The molecule has 0 unspecified atom stereocenters. The van der Waals surface area contributed by atoms with E-state index in [1.165, 1.54) is 5.69 Å². The van der Waals surface area contributed by atoms with E-state index in [4.69, 9.17) is 0 Å². The first-order chi connectivity index (χ1) is 16.6. The van der Waals surface area contributed by atoms with E-state index in [2.05, 4.69) is 70.1 Å². The summed E-state index contributed by atoms with van der Waals surface area (Å²) in [4.78, 5) is 26.7. The largest absolute Gasteiger partial charge is 0.372 e. The Morgan fingerprint density at radius 1 is 0.853 bits per heavy atom. The lowest BCUT2D eigenvalue weighted by atomic mass is 10.2. The number of hydrogen-bond acceptors (Lipinski definition) is 6. The standard InChI is InChI=1S/C27H43N5OS/c1-5-8-19-32(20-9-6-2)26-25(27(34-4)29-22-28-26)30-24(33)17-13-14-21-31(18-7-3)23-15-11-10-12-16-23/h10-12,15-16,22H,5-9,13-14,17-21H2,1-4H3,(H,30,33). The van der Waals surface area contributed by atoms with Crippen LogP contribution in [0.4, 0.5) is 17.2 Å². The first-order valence-corrected chi connectivity index (χ1v) is 14.1. The molecule has 0 radical (unpaired) electrons. The Bertz CT molecular complexity index is 825. The number of nitrogens with one attached hydrogen (secondary N) is 1. The third-order valence-corrected chi connectivity index (χ3v) is 6.51. The van der Waals surface area contributed by atoms with Crippen molar-refractivity contribution in [2.75, 3.05) is 47.6 Å². The molecule has 34 heavy (non-hydrogen) atoms. The number of nitrogens with zero attached hydrogens (tertiary/aromatic N) is 4. The van der Waals surface area contributed by atoms with Gasteiger partial charge < -0.3 is 15.1 Å². The third kappa shape index (κ3) is 9.16. The van der Waals surface area contributed by atoms with Crippen LogP contribution in [0.25, 0.3) is 0 Å². The van der Waals surface area contributed by atoms with Crippen LogP contribution < -0.4 is 15.1 Å². The van der Waals surface area contributed by atoms with Crippen LogP contribution in [0.1, 0.15) is 72.1 Å². The number of anilines is 3. The fraction of sp³-hybridized carbons (Fsp3) is 0.593. The first kappa shape index (κ1) is 28.0. The van der Waals surface area contributed by atoms with Crippen molar-refractivity contribution in [3.05, 3.63) is 36.7 Å². The fourth-order valence-electron chi connectivity index (χ4n) is 3.96. The first-order valence-electron chi connectivity index (χ1n) is 12.9. The molecule has 6 nitrogen and oxygen atoms in total. The zero-order valence-corrected chi connectivity index (χ0v) is 22.4. The van der Waals surface area contributed by atoms with Crippen molar-refractivity contribution in [3.8, 4) is 0 Å². The maximum atomic E-state index is 12.9. The molecule has 2 rings (SSSR count). The molecule has 1 amide bonds. The van der Waals surface area contributed by atoms with E-state index < -0.39 is 0 Å². The summed E-state index contributed by atoms with van der Waals surface area (Å²) < 4.78 is 0. The number of aromatic nitrogens is 2. The van der Waals surface area contributed by atoms with Crippen LogP contribution in [0.15, 0.2) is 41.7 Å². The van der Waals surface area contributed by atoms with Gasteiger partial charge in [-0.2, -0.15) is 0 Å². The summed E-state index contributed by atoms with van der Waals surface area (Å²) in [6.45, 7) is 10.5. The molecule has 1 aromatic carbocycles. The van der Waals surface area contributed by atoms with Gasteiger partial charge >= 0.3 is 0 Å². The second kappa shape index (κ2) is 16.4. The summed E-state index contributed by atoms with van der Waals surface area (Å²) >= 11 is 1.55. The second-order valence-electron chi connectivity index (χ2n) is 8.60. The molecular formula is C27H43N5OS. The predicted octanol–water partition coefficient (Wildman–Crippen LogP) is 6.63. The summed E-state index contributed by atoms with van der Waals surface area (Å²) in [7, 11) is 0. The molecule has 7 heteroatoms. The van der Waals surface area contributed by atoms with Crippen molar-refractivity contribution in [2.24, 2.45) is 0 Å². The second-order valence-corrected chi connectivity index (χ2v) is 9.40. The Kier molecular flexibility index (Phi) is 13.5. The number of amides is 1. The van der Waals surface area contributed by atoms with Crippen LogP contribution in [0.5, 0.6) is 0 Å². The molecule has 0 spiro atoms. The number of unbranched alkanes of at least 4 members (excludes halogenated alkanes) is 3. The van der Waals surface area contributed by atoms with Crippen LogP contribution in [0.2, 0.25) is 0 Å². The molecule has 0 saturated carbocycles.